The lowest BCUT2D eigenvalue weighted by Gasteiger charge is -2.37. The summed E-state index contributed by atoms with van der Waals surface area (Å²) in [6, 6.07) is 12.4. The lowest BCUT2D eigenvalue weighted by molar-refractivity contribution is 0.239. The van der Waals surface area contributed by atoms with Crippen LogP contribution in [0.4, 0.5) is 17.3 Å². The highest BCUT2D eigenvalue weighted by Gasteiger charge is 2.33. The van der Waals surface area contributed by atoms with Gasteiger partial charge in [-0.3, -0.25) is 10.1 Å². The molecule has 6 rings (SSSR count). The van der Waals surface area contributed by atoms with Crippen LogP contribution in [-0.2, 0) is 6.42 Å². The largest absolute Gasteiger partial charge is 0.473 e. The highest BCUT2D eigenvalue weighted by Crippen LogP contribution is 2.38. The minimum Gasteiger partial charge on any atom is -0.473 e. The van der Waals surface area contributed by atoms with E-state index >= 15 is 0 Å². The fourth-order valence-corrected chi connectivity index (χ4v) is 5.35. The fourth-order valence-electron chi connectivity index (χ4n) is 5.35. The van der Waals surface area contributed by atoms with Crippen molar-refractivity contribution in [3.05, 3.63) is 59.4 Å². The van der Waals surface area contributed by atoms with Crippen LogP contribution in [0.3, 0.4) is 0 Å². The van der Waals surface area contributed by atoms with Crippen molar-refractivity contribution in [3.8, 4) is 5.88 Å². The Bertz CT molecular complexity index is 1370. The normalized spacial score (nSPS) is 18.2. The van der Waals surface area contributed by atoms with Crippen molar-refractivity contribution in [2.45, 2.75) is 45.2 Å². The summed E-state index contributed by atoms with van der Waals surface area (Å²) >= 11 is 0. The van der Waals surface area contributed by atoms with E-state index in [4.69, 9.17) is 20.4 Å². The summed E-state index contributed by atoms with van der Waals surface area (Å²) in [6.07, 6.45) is 4.59. The molecule has 35 heavy (non-hydrogen) atoms. The number of hydrogen-bond donors (Lipinski definition) is 2. The van der Waals surface area contributed by atoms with E-state index in [0.29, 0.717) is 23.7 Å². The number of hydrogen-bond acceptors (Lipinski definition) is 8. The van der Waals surface area contributed by atoms with E-state index < -0.39 is 0 Å². The highest BCUT2D eigenvalue weighted by molar-refractivity contribution is 5.88. The quantitative estimate of drug-likeness (QED) is 0.453. The number of fused-ring (bicyclic) bond motifs is 3. The highest BCUT2D eigenvalue weighted by atomic mass is 16.5. The second-order valence-electron chi connectivity index (χ2n) is 9.27. The van der Waals surface area contributed by atoms with E-state index in [1.54, 1.807) is 0 Å². The average Bonchev–Trinajstić information content (AvgIpc) is 3.29. The molecule has 0 amide bonds. The fraction of sp³-hybridized carbons (Fsp3) is 0.385. The Morgan fingerprint density at radius 1 is 1.17 bits per heavy atom. The molecule has 4 aromatic rings. The Labute approximate surface area is 204 Å². The molecular formula is C26H30N8O. The number of benzene rings is 1. The third-order valence-corrected chi connectivity index (χ3v) is 7.11. The molecule has 2 atom stereocenters. The van der Waals surface area contributed by atoms with Gasteiger partial charge in [-0.2, -0.15) is 5.10 Å². The van der Waals surface area contributed by atoms with Crippen LogP contribution in [0.25, 0.3) is 11.2 Å². The average molecular weight is 471 g/mol. The van der Waals surface area contributed by atoms with Gasteiger partial charge in [-0.25, -0.2) is 9.97 Å². The zero-order valence-corrected chi connectivity index (χ0v) is 20.1. The number of rotatable bonds is 5. The van der Waals surface area contributed by atoms with Crippen molar-refractivity contribution >= 4 is 28.5 Å². The van der Waals surface area contributed by atoms with E-state index in [2.05, 4.69) is 57.0 Å². The zero-order chi connectivity index (χ0) is 23.9. The van der Waals surface area contributed by atoms with Crippen LogP contribution in [0.5, 0.6) is 5.88 Å². The van der Waals surface area contributed by atoms with Crippen LogP contribution in [0.1, 0.15) is 42.6 Å². The molecule has 0 saturated heterocycles. The van der Waals surface area contributed by atoms with E-state index in [0.717, 1.165) is 55.4 Å². The molecule has 9 heteroatoms. The summed E-state index contributed by atoms with van der Waals surface area (Å²) in [5, 5.41) is 7.72. The van der Waals surface area contributed by atoms with Crippen molar-refractivity contribution in [1.29, 1.82) is 0 Å². The van der Waals surface area contributed by atoms with Crippen LogP contribution in [-0.4, -0.2) is 50.9 Å². The second-order valence-corrected chi connectivity index (χ2v) is 9.27. The van der Waals surface area contributed by atoms with Gasteiger partial charge in [0.25, 0.3) is 5.88 Å². The van der Waals surface area contributed by atoms with Crippen molar-refractivity contribution in [2.24, 2.45) is 5.73 Å². The molecule has 0 unspecified atom stereocenters. The molecule has 2 aliphatic rings. The predicted molar refractivity (Wildman–Crippen MR) is 136 cm³/mol. The summed E-state index contributed by atoms with van der Waals surface area (Å²) in [7, 11) is 0. The summed E-state index contributed by atoms with van der Waals surface area (Å²) in [5.41, 5.74) is 12.5. The third-order valence-electron chi connectivity index (χ3n) is 7.11. The van der Waals surface area contributed by atoms with Crippen LogP contribution >= 0.6 is 0 Å². The summed E-state index contributed by atoms with van der Waals surface area (Å²) in [6.45, 7) is 6.40. The van der Waals surface area contributed by atoms with Gasteiger partial charge in [0.15, 0.2) is 22.8 Å². The van der Waals surface area contributed by atoms with Crippen molar-refractivity contribution in [2.75, 3.05) is 29.5 Å². The smallest absolute Gasteiger partial charge is 0.258 e. The third kappa shape index (κ3) is 3.76. The van der Waals surface area contributed by atoms with Crippen LogP contribution in [0.15, 0.2) is 42.6 Å². The molecule has 0 saturated carbocycles. The number of H-pyrrole nitrogens is 1. The predicted octanol–water partition coefficient (Wildman–Crippen LogP) is 3.82. The lowest BCUT2D eigenvalue weighted by Crippen LogP contribution is -2.45. The van der Waals surface area contributed by atoms with Gasteiger partial charge in [-0.1, -0.05) is 24.3 Å². The maximum Gasteiger partial charge on any atom is 0.258 e. The molecule has 0 fully saturated rings. The minimum atomic E-state index is -0.0800. The monoisotopic (exact) mass is 470 g/mol. The summed E-state index contributed by atoms with van der Waals surface area (Å²) < 4.78 is 6.18. The number of aryl methyl sites for hydroxylation is 2. The maximum absolute atomic E-state index is 6.63. The molecule has 9 nitrogen and oxygen atoms in total. The van der Waals surface area contributed by atoms with Gasteiger partial charge in [0.05, 0.1) is 17.4 Å². The van der Waals surface area contributed by atoms with Gasteiger partial charge in [0.2, 0.25) is 0 Å². The topological polar surface area (TPSA) is 109 Å². The number of pyridine rings is 1. The molecule has 5 heterocycles. The molecule has 0 spiro atoms. The molecule has 0 bridgehead atoms. The molecule has 2 aliphatic heterocycles. The van der Waals surface area contributed by atoms with E-state index in [9.17, 15) is 0 Å². The second kappa shape index (κ2) is 8.81. The first kappa shape index (κ1) is 21.8. The maximum atomic E-state index is 6.63. The Balaban J connectivity index is 1.32. The molecule has 180 valence electrons. The number of likely N-dealkylation sites (N-methyl/N-ethyl adjacent to an activating group) is 1. The number of aromatic nitrogens is 5. The SMILES string of the molecule is CCN1c2nc3[nH]nc(N4CCCc5ncccc54)c3nc2OC[C@H]1C[C@H](N)c1ccccc1C. The summed E-state index contributed by atoms with van der Waals surface area (Å²) in [5.74, 6) is 2.05. The van der Waals surface area contributed by atoms with Gasteiger partial charge < -0.3 is 20.3 Å². The van der Waals surface area contributed by atoms with Crippen LogP contribution < -0.4 is 20.3 Å². The number of ether oxygens (including phenoxy) is 1. The Kier molecular flexibility index (Phi) is 5.49. The Hall–Kier alpha value is -3.72. The van der Waals surface area contributed by atoms with Gasteiger partial charge in [0, 0.05) is 25.3 Å². The molecule has 3 N–H and O–H groups in total. The van der Waals surface area contributed by atoms with Crippen molar-refractivity contribution < 1.29 is 4.74 Å². The van der Waals surface area contributed by atoms with Gasteiger partial charge >= 0.3 is 0 Å². The number of nitrogens with one attached hydrogen (secondary N) is 1. The summed E-state index contributed by atoms with van der Waals surface area (Å²) in [4.78, 5) is 18.8. The van der Waals surface area contributed by atoms with Gasteiger partial charge in [-0.05, 0) is 56.4 Å². The Morgan fingerprint density at radius 3 is 2.91 bits per heavy atom. The zero-order valence-electron chi connectivity index (χ0n) is 20.1. The first-order valence-electron chi connectivity index (χ1n) is 12.3. The van der Waals surface area contributed by atoms with Crippen molar-refractivity contribution in [3.63, 3.8) is 0 Å². The molecular weight excluding hydrogens is 440 g/mol. The van der Waals surface area contributed by atoms with Gasteiger partial charge in [0.1, 0.15) is 6.61 Å². The lowest BCUT2D eigenvalue weighted by atomic mass is 9.95. The van der Waals surface area contributed by atoms with Crippen LogP contribution in [0.2, 0.25) is 0 Å². The van der Waals surface area contributed by atoms with E-state index in [-0.39, 0.29) is 12.1 Å². The first-order valence-corrected chi connectivity index (χ1v) is 12.3. The minimum absolute atomic E-state index is 0.0800. The number of nitrogens with zero attached hydrogens (tertiary/aromatic N) is 6. The van der Waals surface area contributed by atoms with Crippen molar-refractivity contribution in [1.82, 2.24) is 25.1 Å². The number of aromatic amines is 1. The molecule has 0 radical (unpaired) electrons. The number of nitrogens with two attached hydrogens (primary N) is 1. The standard InChI is InChI=1S/C26H30N8O/c1-3-33-17(14-19(27)18-9-5-4-8-16(18)2)15-35-26-25(33)30-23-22(29-26)24(32-31-23)34-13-7-10-20-21(34)11-6-12-28-20/h4-6,8-9,11-12,17,19H,3,7,10,13-15,27H2,1-2H3,(H,30,31,32)/t17-,19+/m1/s1. The van der Waals surface area contributed by atoms with Gasteiger partial charge in [-0.15, -0.1) is 0 Å². The molecule has 0 aliphatic carbocycles. The van der Waals surface area contributed by atoms with E-state index in [1.165, 1.54) is 11.1 Å². The first-order chi connectivity index (χ1) is 17.1. The van der Waals surface area contributed by atoms with E-state index in [1.807, 2.05) is 24.4 Å². The molecule has 3 aromatic heterocycles. The number of anilines is 3. The van der Waals surface area contributed by atoms with Crippen LogP contribution in [0, 0.1) is 6.92 Å². The Morgan fingerprint density at radius 2 is 2.06 bits per heavy atom. The molecule has 1 aromatic carbocycles.